The summed E-state index contributed by atoms with van der Waals surface area (Å²) in [5.41, 5.74) is 5.79. The third-order valence-corrected chi connectivity index (χ3v) is 8.32. The van der Waals surface area contributed by atoms with E-state index in [2.05, 4.69) is 4.99 Å². The van der Waals surface area contributed by atoms with E-state index in [0.29, 0.717) is 29.6 Å². The van der Waals surface area contributed by atoms with E-state index in [1.807, 2.05) is 12.1 Å². The first-order chi connectivity index (χ1) is 21.1. The van der Waals surface area contributed by atoms with Crippen molar-refractivity contribution in [3.8, 4) is 28.7 Å². The Balaban J connectivity index is 1.25. The van der Waals surface area contributed by atoms with Crippen molar-refractivity contribution in [2.75, 3.05) is 20.8 Å². The second-order valence-corrected chi connectivity index (χ2v) is 10.9. The Bertz CT molecular complexity index is 1480. The van der Waals surface area contributed by atoms with Gasteiger partial charge >= 0.3 is 11.9 Å². The van der Waals surface area contributed by atoms with Crippen molar-refractivity contribution >= 4 is 18.2 Å². The molecular formula is C29H32N2O13. The minimum atomic E-state index is -1.92. The summed E-state index contributed by atoms with van der Waals surface area (Å²) in [6.45, 7) is 0.292. The van der Waals surface area contributed by atoms with E-state index in [4.69, 9.17) is 44.0 Å². The highest BCUT2D eigenvalue weighted by Crippen LogP contribution is 2.56. The molecule has 9 unspecified atom stereocenters. The molecule has 0 amide bonds. The number of aliphatic hydroxyl groups excluding tert-OH is 3. The third-order valence-electron chi connectivity index (χ3n) is 8.32. The lowest BCUT2D eigenvalue weighted by Crippen LogP contribution is -2.73. The van der Waals surface area contributed by atoms with E-state index in [1.54, 1.807) is 25.3 Å². The number of carboxylic acid groups (broad SMARTS) is 1. The average molecular weight is 617 g/mol. The van der Waals surface area contributed by atoms with E-state index < -0.39 is 60.8 Å². The molecule has 6 N–H and O–H groups in total. The second-order valence-electron chi connectivity index (χ2n) is 10.9. The Kier molecular flexibility index (Phi) is 7.75. The number of nitrogens with two attached hydrogens (primary N) is 1. The quantitative estimate of drug-likeness (QED) is 0.205. The lowest BCUT2D eigenvalue weighted by molar-refractivity contribution is -0.333. The van der Waals surface area contributed by atoms with Crippen LogP contribution in [0.5, 0.6) is 28.7 Å². The van der Waals surface area contributed by atoms with Crippen molar-refractivity contribution < 1.29 is 63.2 Å². The van der Waals surface area contributed by atoms with Gasteiger partial charge in [-0.25, -0.2) is 0 Å². The number of ether oxygens (including phenoxy) is 7. The summed E-state index contributed by atoms with van der Waals surface area (Å²) < 4.78 is 40.6. The molecule has 1 spiro atoms. The zero-order valence-corrected chi connectivity index (χ0v) is 23.7. The number of benzene rings is 2. The molecule has 4 aliphatic heterocycles. The number of carbonyl (C=O) groups is 2. The predicted molar refractivity (Wildman–Crippen MR) is 147 cm³/mol. The van der Waals surface area contributed by atoms with Crippen LogP contribution >= 0.6 is 0 Å². The van der Waals surface area contributed by atoms with Crippen LogP contribution in [-0.2, 0) is 19.1 Å². The summed E-state index contributed by atoms with van der Waals surface area (Å²) in [4.78, 5) is 27.3. The number of aliphatic carboxylic acids is 1. The number of aliphatic hydroxyl groups is 3. The topological polar surface area (TPSA) is 218 Å². The number of nitrogens with zero attached hydrogens (tertiary/aromatic N) is 1. The normalized spacial score (nSPS) is 33.2. The smallest absolute Gasteiger partial charge is 0.317 e. The molecule has 4 aliphatic rings. The lowest BCUT2D eigenvalue weighted by Gasteiger charge is -2.52. The number of hydrogen-bond acceptors (Lipinski definition) is 14. The van der Waals surface area contributed by atoms with Gasteiger partial charge in [-0.2, -0.15) is 0 Å². The molecule has 0 aliphatic carbocycles. The van der Waals surface area contributed by atoms with Crippen LogP contribution in [-0.4, -0.2) is 102 Å². The monoisotopic (exact) mass is 616 g/mol. The summed E-state index contributed by atoms with van der Waals surface area (Å²) in [6, 6.07) is 8.65. The molecule has 2 aromatic rings. The van der Waals surface area contributed by atoms with Gasteiger partial charge < -0.3 is 59.3 Å². The van der Waals surface area contributed by atoms with Gasteiger partial charge in [0.2, 0.25) is 12.0 Å². The molecule has 6 rings (SSSR count). The van der Waals surface area contributed by atoms with Gasteiger partial charge in [0.15, 0.2) is 17.6 Å². The number of esters is 1. The first-order valence-electron chi connectivity index (χ1n) is 13.8. The van der Waals surface area contributed by atoms with Crippen molar-refractivity contribution in [1.82, 2.24) is 0 Å². The zero-order chi connectivity index (χ0) is 31.3. The maximum Gasteiger partial charge on any atom is 0.317 e. The Morgan fingerprint density at radius 2 is 1.86 bits per heavy atom. The van der Waals surface area contributed by atoms with E-state index in [1.165, 1.54) is 13.3 Å². The average Bonchev–Trinajstić information content (AvgIpc) is 3.38. The number of fused-ring (bicyclic) bond motifs is 5. The maximum atomic E-state index is 12.2. The van der Waals surface area contributed by atoms with Gasteiger partial charge in [0.25, 0.3) is 0 Å². The molecule has 0 radical (unpaired) electrons. The predicted octanol–water partition coefficient (Wildman–Crippen LogP) is 0.0159. The zero-order valence-electron chi connectivity index (χ0n) is 23.7. The standard InChI is InChI=1S/C29H32N2O13/c1-38-16-6-5-13-15-11-40-17-9-12(3-4-14(17)22(15)43-23(13)24(16)39-2)41-28-21(36)20(35)25(37)29(44-28)7-8-31-27(30)26(29)42-19(34)10-18(32)33/h3-6,8-9,15,20-22,25-28,35-37H,7,10-11,30H2,1-2H3,(H,32,33). The lowest BCUT2D eigenvalue weighted by atomic mass is 9.77. The number of aliphatic imine (C=N–C) groups is 1. The van der Waals surface area contributed by atoms with Gasteiger partial charge in [0.05, 0.1) is 26.7 Å². The van der Waals surface area contributed by atoms with Gasteiger partial charge in [0, 0.05) is 29.8 Å². The third kappa shape index (κ3) is 4.86. The summed E-state index contributed by atoms with van der Waals surface area (Å²) >= 11 is 0. The molecule has 1 saturated heterocycles. The maximum absolute atomic E-state index is 12.2. The van der Waals surface area contributed by atoms with E-state index in [9.17, 15) is 24.9 Å². The molecule has 9 atom stereocenters. The summed E-state index contributed by atoms with van der Waals surface area (Å²) in [7, 11) is 3.08. The fourth-order valence-corrected chi connectivity index (χ4v) is 6.19. The number of methoxy groups -OCH3 is 2. The van der Waals surface area contributed by atoms with Gasteiger partial charge in [-0.05, 0) is 18.2 Å². The minimum absolute atomic E-state index is 0.109. The van der Waals surface area contributed by atoms with Crippen LogP contribution in [0.4, 0.5) is 0 Å². The van der Waals surface area contributed by atoms with Crippen LogP contribution in [0.15, 0.2) is 35.3 Å². The molecule has 0 bridgehead atoms. The van der Waals surface area contributed by atoms with Gasteiger partial charge in [-0.1, -0.05) is 6.07 Å². The first-order valence-corrected chi connectivity index (χ1v) is 13.8. The van der Waals surface area contributed by atoms with Crippen LogP contribution < -0.4 is 29.4 Å². The van der Waals surface area contributed by atoms with Crippen LogP contribution in [0.2, 0.25) is 0 Å². The number of rotatable bonds is 7. The number of hydrogen-bond donors (Lipinski definition) is 5. The fraction of sp³-hybridized carbons (Fsp3) is 0.483. The minimum Gasteiger partial charge on any atom is -0.493 e. The molecule has 15 heteroatoms. The highest BCUT2D eigenvalue weighted by Gasteiger charge is 2.61. The van der Waals surface area contributed by atoms with Crippen LogP contribution in [0.25, 0.3) is 0 Å². The highest BCUT2D eigenvalue weighted by molar-refractivity contribution is 5.90. The van der Waals surface area contributed by atoms with Gasteiger partial charge in [-0.15, -0.1) is 0 Å². The molecule has 1 fully saturated rings. The van der Waals surface area contributed by atoms with Crippen molar-refractivity contribution in [2.45, 2.75) is 67.3 Å². The molecular weight excluding hydrogens is 584 g/mol. The molecule has 44 heavy (non-hydrogen) atoms. The van der Waals surface area contributed by atoms with Crippen LogP contribution in [0, 0.1) is 0 Å². The van der Waals surface area contributed by atoms with Gasteiger partial charge in [0.1, 0.15) is 54.1 Å². The summed E-state index contributed by atoms with van der Waals surface area (Å²) in [5, 5.41) is 41.6. The largest absolute Gasteiger partial charge is 0.493 e. The molecule has 4 heterocycles. The number of carboxylic acids is 1. The fourth-order valence-electron chi connectivity index (χ4n) is 6.19. The molecule has 0 saturated carbocycles. The van der Waals surface area contributed by atoms with E-state index in [0.717, 1.165) is 11.1 Å². The van der Waals surface area contributed by atoms with Crippen molar-refractivity contribution in [1.29, 1.82) is 0 Å². The summed E-state index contributed by atoms with van der Waals surface area (Å²) in [5.74, 6) is -0.465. The van der Waals surface area contributed by atoms with Crippen molar-refractivity contribution in [2.24, 2.45) is 10.7 Å². The van der Waals surface area contributed by atoms with Crippen molar-refractivity contribution in [3.05, 3.63) is 41.5 Å². The molecule has 0 aromatic heterocycles. The summed E-state index contributed by atoms with van der Waals surface area (Å²) in [6.07, 6.45) is -9.95. The Morgan fingerprint density at radius 3 is 2.59 bits per heavy atom. The Morgan fingerprint density at radius 1 is 1.09 bits per heavy atom. The van der Waals surface area contributed by atoms with Crippen LogP contribution in [0.3, 0.4) is 0 Å². The first kappa shape index (κ1) is 29.9. The van der Waals surface area contributed by atoms with Crippen molar-refractivity contribution in [3.63, 3.8) is 0 Å². The molecule has 2 aromatic carbocycles. The van der Waals surface area contributed by atoms with Crippen LogP contribution in [0.1, 0.15) is 36.0 Å². The number of carbonyl (C=O) groups excluding carboxylic acids is 1. The van der Waals surface area contributed by atoms with E-state index >= 15 is 0 Å². The van der Waals surface area contributed by atoms with E-state index in [-0.39, 0.29) is 24.2 Å². The highest BCUT2D eigenvalue weighted by atomic mass is 16.7. The Labute approximate surface area is 250 Å². The van der Waals surface area contributed by atoms with Gasteiger partial charge in [-0.3, -0.25) is 14.6 Å². The Hall–Kier alpha value is -4.15. The molecule has 15 nitrogen and oxygen atoms in total. The molecule has 236 valence electrons. The second kappa shape index (κ2) is 11.4. The SMILES string of the molecule is COc1ccc2c(c1OC)OC1c3ccc(OC4OC5(CC=NC(N)C5OC(=O)CC(=O)O)C(O)C(O)C4O)cc3OCC21.